The summed E-state index contributed by atoms with van der Waals surface area (Å²) in [5.41, 5.74) is 8.12. The summed E-state index contributed by atoms with van der Waals surface area (Å²) in [6, 6.07) is 41.3. The molecular formula is C38H46N2Si. The zero-order valence-electron chi connectivity index (χ0n) is 26.2. The molecule has 0 atom stereocenters. The summed E-state index contributed by atoms with van der Waals surface area (Å²) in [5, 5.41) is 5.61. The predicted molar refractivity (Wildman–Crippen MR) is 184 cm³/mol. The van der Waals surface area contributed by atoms with Gasteiger partial charge in [0.05, 0.1) is 0 Å². The topological polar surface area (TPSA) is 6.48 Å². The van der Waals surface area contributed by atoms with Gasteiger partial charge in [-0.15, -0.1) is 0 Å². The van der Waals surface area contributed by atoms with Crippen LogP contribution < -0.4 is 20.7 Å². The Kier molecular flexibility index (Phi) is 9.98. The van der Waals surface area contributed by atoms with Gasteiger partial charge in [-0.05, 0) is 98.9 Å². The van der Waals surface area contributed by atoms with Crippen LogP contribution in [0.5, 0.6) is 0 Å². The molecule has 0 N–H and O–H groups in total. The van der Waals surface area contributed by atoms with Crippen molar-refractivity contribution >= 4 is 40.0 Å². The molecular weight excluding hydrogens is 513 g/mol. The summed E-state index contributed by atoms with van der Waals surface area (Å²) in [5.74, 6) is 0. The van der Waals surface area contributed by atoms with Crippen molar-refractivity contribution in [3.05, 3.63) is 131 Å². The van der Waals surface area contributed by atoms with Crippen LogP contribution in [-0.2, 0) is 0 Å². The van der Waals surface area contributed by atoms with E-state index in [4.69, 9.17) is 0 Å². The van der Waals surface area contributed by atoms with Gasteiger partial charge in [-0.25, -0.2) is 0 Å². The molecule has 41 heavy (non-hydrogen) atoms. The van der Waals surface area contributed by atoms with Crippen LogP contribution in [0, 0.1) is 0 Å². The molecule has 0 spiro atoms. The Bertz CT molecular complexity index is 1360. The largest absolute Gasteiger partial charge is 0.305 e. The highest BCUT2D eigenvalue weighted by Crippen LogP contribution is 2.21. The number of allylic oxidation sites excluding steroid dienone is 2. The molecule has 2 nitrogen and oxygen atoms in total. The van der Waals surface area contributed by atoms with E-state index in [2.05, 4.69) is 175 Å². The molecule has 0 saturated carbocycles. The highest BCUT2D eigenvalue weighted by molar-refractivity contribution is 7.19. The first-order valence-electron chi connectivity index (χ1n) is 14.6. The number of hydrogen-bond acceptors (Lipinski definition) is 2. The zero-order valence-corrected chi connectivity index (χ0v) is 27.2. The Morgan fingerprint density at radius 2 is 0.732 bits per heavy atom. The Morgan fingerprint density at radius 3 is 1.02 bits per heavy atom. The summed E-state index contributed by atoms with van der Waals surface area (Å²) in [7, 11) is 5.95. The van der Waals surface area contributed by atoms with Crippen molar-refractivity contribution in [1.29, 1.82) is 0 Å². The highest BCUT2D eigenvalue weighted by atomic mass is 28.3. The first-order valence-corrected chi connectivity index (χ1v) is 16.6. The van der Waals surface area contributed by atoms with Gasteiger partial charge in [0.1, 0.15) is 0 Å². The number of rotatable bonds is 10. The second-order valence-electron chi connectivity index (χ2n) is 11.9. The van der Waals surface area contributed by atoms with Gasteiger partial charge >= 0.3 is 0 Å². The molecule has 4 aromatic carbocycles. The van der Waals surface area contributed by atoms with E-state index in [1.54, 1.807) is 0 Å². The van der Waals surface area contributed by atoms with Gasteiger partial charge in [-0.3, -0.25) is 0 Å². The van der Waals surface area contributed by atoms with Crippen molar-refractivity contribution in [2.75, 3.05) is 41.3 Å². The van der Waals surface area contributed by atoms with Crippen LogP contribution in [-0.4, -0.2) is 59.2 Å². The molecule has 0 aliphatic rings. The predicted octanol–water partition coefficient (Wildman–Crippen LogP) is 5.77. The summed E-state index contributed by atoms with van der Waals surface area (Å²) < 4.78 is 0. The van der Waals surface area contributed by atoms with E-state index in [1.807, 2.05) is 0 Å². The van der Waals surface area contributed by atoms with Crippen molar-refractivity contribution < 1.29 is 0 Å². The molecule has 0 unspecified atom stereocenters. The molecule has 0 aliphatic heterocycles. The van der Waals surface area contributed by atoms with E-state index in [0.717, 1.165) is 13.1 Å². The Balaban J connectivity index is 1.93. The Morgan fingerprint density at radius 1 is 0.439 bits per heavy atom. The first kappa shape index (κ1) is 30.5. The van der Waals surface area contributed by atoms with Crippen LogP contribution in [0.15, 0.2) is 120 Å². The van der Waals surface area contributed by atoms with Crippen molar-refractivity contribution in [3.63, 3.8) is 0 Å². The van der Waals surface area contributed by atoms with E-state index in [1.165, 1.54) is 54.2 Å². The fourth-order valence-electron chi connectivity index (χ4n) is 6.00. The van der Waals surface area contributed by atoms with Gasteiger partial charge in [-0.1, -0.05) is 120 Å². The van der Waals surface area contributed by atoms with Gasteiger partial charge in [0, 0.05) is 13.1 Å². The summed E-state index contributed by atoms with van der Waals surface area (Å²) >= 11 is 0. The number of benzene rings is 4. The maximum Gasteiger partial charge on any atom is 0.179 e. The maximum absolute atomic E-state index is 2.57. The third-order valence-electron chi connectivity index (χ3n) is 8.30. The average Bonchev–Trinajstić information content (AvgIpc) is 2.98. The molecule has 0 heterocycles. The SMILES string of the molecule is C/C(CN(C)C)=C(\C)c1ccc([Si](c2ccccc2)(c2ccccc2)c2ccc(/C(C)=C(/C)CN(C)C)cc2)cc1. The third kappa shape index (κ3) is 6.70. The van der Waals surface area contributed by atoms with Gasteiger partial charge in [0.15, 0.2) is 8.07 Å². The third-order valence-corrected chi connectivity index (χ3v) is 13.1. The van der Waals surface area contributed by atoms with E-state index in [0.29, 0.717) is 0 Å². The lowest BCUT2D eigenvalue weighted by molar-refractivity contribution is 0.445. The zero-order chi connectivity index (χ0) is 29.6. The molecule has 3 heteroatoms. The van der Waals surface area contributed by atoms with Crippen LogP contribution in [0.3, 0.4) is 0 Å². The molecule has 0 saturated heterocycles. The van der Waals surface area contributed by atoms with Crippen LogP contribution in [0.1, 0.15) is 38.8 Å². The quantitative estimate of drug-likeness (QED) is 0.180. The Hall–Kier alpha value is -3.50. The number of nitrogens with zero attached hydrogens (tertiary/aromatic N) is 2. The van der Waals surface area contributed by atoms with Crippen molar-refractivity contribution in [3.8, 4) is 0 Å². The van der Waals surface area contributed by atoms with Crippen LogP contribution in [0.2, 0.25) is 0 Å². The van der Waals surface area contributed by atoms with Gasteiger partial charge in [-0.2, -0.15) is 0 Å². The molecule has 0 bridgehead atoms. The number of hydrogen-bond donors (Lipinski definition) is 0. The van der Waals surface area contributed by atoms with Gasteiger partial charge in [0.25, 0.3) is 0 Å². The van der Waals surface area contributed by atoms with E-state index >= 15 is 0 Å². The van der Waals surface area contributed by atoms with Crippen molar-refractivity contribution in [1.82, 2.24) is 9.80 Å². The first-order chi connectivity index (χ1) is 19.6. The standard InChI is InChI=1S/C38H46N2Si/c1-29(27-39(5)6)31(3)33-19-23-37(24-20-33)41(35-15-11-9-12-16-35,36-17-13-10-14-18-36)38-25-21-34(22-26-38)32(4)30(2)28-40(7)8/h9-26H,27-28H2,1-8H3/b31-29-,32-30-. The molecule has 4 aromatic rings. The molecule has 0 aromatic heterocycles. The normalized spacial score (nSPS) is 13.3. The molecule has 212 valence electrons. The lowest BCUT2D eigenvalue weighted by atomic mass is 10.0. The second-order valence-corrected chi connectivity index (χ2v) is 15.7. The second kappa shape index (κ2) is 13.4. The highest BCUT2D eigenvalue weighted by Gasteiger charge is 2.41. The minimum Gasteiger partial charge on any atom is -0.305 e. The van der Waals surface area contributed by atoms with Crippen molar-refractivity contribution in [2.45, 2.75) is 27.7 Å². The fraction of sp³-hybridized carbons (Fsp3) is 0.263. The fourth-order valence-corrected chi connectivity index (χ4v) is 10.7. The van der Waals surface area contributed by atoms with E-state index in [9.17, 15) is 0 Å². The van der Waals surface area contributed by atoms with Crippen LogP contribution in [0.25, 0.3) is 11.1 Å². The van der Waals surface area contributed by atoms with E-state index < -0.39 is 8.07 Å². The van der Waals surface area contributed by atoms with E-state index in [-0.39, 0.29) is 0 Å². The number of likely N-dealkylation sites (N-methyl/N-ethyl adjacent to an activating group) is 2. The molecule has 0 radical (unpaired) electrons. The molecule has 0 aliphatic carbocycles. The van der Waals surface area contributed by atoms with Crippen molar-refractivity contribution in [2.24, 2.45) is 0 Å². The average molecular weight is 559 g/mol. The summed E-state index contributed by atoms with van der Waals surface area (Å²) in [6.45, 7) is 10.9. The minimum absolute atomic E-state index is 0.967. The minimum atomic E-state index is -2.57. The molecule has 4 rings (SSSR count). The maximum atomic E-state index is 2.40. The lowest BCUT2D eigenvalue weighted by Crippen LogP contribution is -2.74. The smallest absolute Gasteiger partial charge is 0.179 e. The van der Waals surface area contributed by atoms with Gasteiger partial charge in [0.2, 0.25) is 0 Å². The monoisotopic (exact) mass is 558 g/mol. The molecule has 0 amide bonds. The molecule has 0 fully saturated rings. The summed E-state index contributed by atoms with van der Waals surface area (Å²) in [4.78, 5) is 4.47. The van der Waals surface area contributed by atoms with Crippen LogP contribution >= 0.6 is 0 Å². The Labute approximate surface area is 249 Å². The van der Waals surface area contributed by atoms with Gasteiger partial charge < -0.3 is 9.80 Å². The van der Waals surface area contributed by atoms with Crippen LogP contribution in [0.4, 0.5) is 0 Å². The summed E-state index contributed by atoms with van der Waals surface area (Å²) in [6.07, 6.45) is 0. The lowest BCUT2D eigenvalue weighted by Gasteiger charge is -2.34.